The highest BCUT2D eigenvalue weighted by Gasteiger charge is 2.20. The normalized spacial score (nSPS) is 13.4. The minimum absolute atomic E-state index is 0.0123. The maximum absolute atomic E-state index is 13.7. The SMILES string of the molecule is CNCc1ccc(F)c(S(=O)(=O)NCC(C)COC)c1. The Morgan fingerprint density at radius 2 is 2.10 bits per heavy atom. The molecule has 0 aliphatic rings. The van der Waals surface area contributed by atoms with E-state index in [-0.39, 0.29) is 17.4 Å². The standard InChI is InChI=1S/C13H21FN2O3S/c1-10(9-19-3)7-16-20(17,18)13-6-11(8-15-2)4-5-12(13)14/h4-6,10,15-16H,7-9H2,1-3H3. The van der Waals surface area contributed by atoms with Crippen LogP contribution in [-0.2, 0) is 21.3 Å². The van der Waals surface area contributed by atoms with Gasteiger partial charge in [0.1, 0.15) is 10.7 Å². The van der Waals surface area contributed by atoms with Gasteiger partial charge in [0.15, 0.2) is 0 Å². The van der Waals surface area contributed by atoms with E-state index in [1.165, 1.54) is 12.1 Å². The molecule has 0 bridgehead atoms. The average molecular weight is 304 g/mol. The maximum Gasteiger partial charge on any atom is 0.243 e. The Labute approximate surface area is 119 Å². The molecule has 1 unspecified atom stereocenters. The first-order valence-corrected chi connectivity index (χ1v) is 7.80. The molecule has 0 aliphatic heterocycles. The first-order chi connectivity index (χ1) is 9.40. The largest absolute Gasteiger partial charge is 0.384 e. The number of hydrogen-bond donors (Lipinski definition) is 2. The predicted molar refractivity (Wildman–Crippen MR) is 75.4 cm³/mol. The topological polar surface area (TPSA) is 67.4 Å². The summed E-state index contributed by atoms with van der Waals surface area (Å²) in [7, 11) is -0.568. The molecule has 0 fully saturated rings. The second kappa shape index (κ2) is 7.68. The third kappa shape index (κ3) is 4.82. The van der Waals surface area contributed by atoms with E-state index in [2.05, 4.69) is 10.0 Å². The third-order valence-electron chi connectivity index (χ3n) is 2.74. The minimum Gasteiger partial charge on any atom is -0.384 e. The Balaban J connectivity index is 2.88. The molecule has 0 saturated carbocycles. The van der Waals surface area contributed by atoms with Crippen molar-refractivity contribution in [1.82, 2.24) is 10.0 Å². The first kappa shape index (κ1) is 17.0. The first-order valence-electron chi connectivity index (χ1n) is 6.32. The van der Waals surface area contributed by atoms with Crippen LogP contribution in [0.3, 0.4) is 0 Å². The quantitative estimate of drug-likeness (QED) is 0.755. The zero-order chi connectivity index (χ0) is 15.2. The van der Waals surface area contributed by atoms with Crippen molar-refractivity contribution < 1.29 is 17.5 Å². The molecule has 1 aromatic rings. The summed E-state index contributed by atoms with van der Waals surface area (Å²) in [6.07, 6.45) is 0. The Morgan fingerprint density at radius 1 is 1.40 bits per heavy atom. The molecule has 0 aromatic heterocycles. The summed E-state index contributed by atoms with van der Waals surface area (Å²) in [5.74, 6) is -0.741. The fourth-order valence-electron chi connectivity index (χ4n) is 1.74. The van der Waals surface area contributed by atoms with Crippen molar-refractivity contribution in [2.24, 2.45) is 5.92 Å². The van der Waals surface area contributed by atoms with Crippen LogP contribution in [0.4, 0.5) is 4.39 Å². The highest BCUT2D eigenvalue weighted by atomic mass is 32.2. The molecule has 1 rings (SSSR count). The highest BCUT2D eigenvalue weighted by Crippen LogP contribution is 2.16. The van der Waals surface area contributed by atoms with E-state index in [1.54, 1.807) is 20.2 Å². The van der Waals surface area contributed by atoms with Crippen LogP contribution in [-0.4, -0.2) is 35.7 Å². The second-order valence-corrected chi connectivity index (χ2v) is 6.44. The van der Waals surface area contributed by atoms with E-state index in [0.29, 0.717) is 18.7 Å². The number of benzene rings is 1. The molecule has 2 N–H and O–H groups in total. The van der Waals surface area contributed by atoms with Crippen LogP contribution in [0.25, 0.3) is 0 Å². The van der Waals surface area contributed by atoms with Crippen molar-refractivity contribution >= 4 is 10.0 Å². The summed E-state index contributed by atoms with van der Waals surface area (Å²) in [4.78, 5) is -0.324. The molecule has 0 aliphatic carbocycles. The Morgan fingerprint density at radius 3 is 2.70 bits per heavy atom. The smallest absolute Gasteiger partial charge is 0.243 e. The van der Waals surface area contributed by atoms with Gasteiger partial charge in [0.2, 0.25) is 10.0 Å². The van der Waals surface area contributed by atoms with Crippen LogP contribution in [0.15, 0.2) is 23.1 Å². The van der Waals surface area contributed by atoms with Gasteiger partial charge in [-0.2, -0.15) is 0 Å². The molecule has 0 saturated heterocycles. The van der Waals surface area contributed by atoms with E-state index >= 15 is 0 Å². The van der Waals surface area contributed by atoms with E-state index in [1.807, 2.05) is 6.92 Å². The van der Waals surface area contributed by atoms with Gasteiger partial charge >= 0.3 is 0 Å². The van der Waals surface area contributed by atoms with Crippen LogP contribution < -0.4 is 10.0 Å². The Hall–Kier alpha value is -1.02. The molecule has 7 heteroatoms. The van der Waals surface area contributed by atoms with Crippen LogP contribution in [0.5, 0.6) is 0 Å². The maximum atomic E-state index is 13.7. The zero-order valence-corrected chi connectivity index (χ0v) is 12.8. The van der Waals surface area contributed by atoms with Gasteiger partial charge in [0.05, 0.1) is 0 Å². The van der Waals surface area contributed by atoms with Crippen LogP contribution in [0.1, 0.15) is 12.5 Å². The fourth-order valence-corrected chi connectivity index (χ4v) is 3.03. The summed E-state index contributed by atoms with van der Waals surface area (Å²) in [6, 6.07) is 4.06. The number of ether oxygens (including phenoxy) is 1. The van der Waals surface area contributed by atoms with Crippen LogP contribution in [0, 0.1) is 11.7 Å². The van der Waals surface area contributed by atoms with E-state index in [0.717, 1.165) is 0 Å². The van der Waals surface area contributed by atoms with Crippen molar-refractivity contribution in [3.05, 3.63) is 29.6 Å². The van der Waals surface area contributed by atoms with Crippen molar-refractivity contribution in [1.29, 1.82) is 0 Å². The molecule has 1 aromatic carbocycles. The monoisotopic (exact) mass is 304 g/mol. The van der Waals surface area contributed by atoms with Gasteiger partial charge in [-0.25, -0.2) is 17.5 Å². The number of hydrogen-bond acceptors (Lipinski definition) is 4. The van der Waals surface area contributed by atoms with Crippen LogP contribution in [0.2, 0.25) is 0 Å². The lowest BCUT2D eigenvalue weighted by Crippen LogP contribution is -2.30. The summed E-state index contributed by atoms with van der Waals surface area (Å²) < 4.78 is 45.3. The third-order valence-corrected chi connectivity index (χ3v) is 4.18. The summed E-state index contributed by atoms with van der Waals surface area (Å²) >= 11 is 0. The molecule has 1 atom stereocenters. The Bertz CT molecular complexity index is 534. The van der Waals surface area contributed by atoms with E-state index in [9.17, 15) is 12.8 Å². The number of rotatable bonds is 8. The molecule has 0 spiro atoms. The number of methoxy groups -OCH3 is 1. The Kier molecular flexibility index (Phi) is 6.54. The van der Waals surface area contributed by atoms with Gasteiger partial charge in [0, 0.05) is 26.8 Å². The van der Waals surface area contributed by atoms with Gasteiger partial charge in [-0.3, -0.25) is 0 Å². The average Bonchev–Trinajstić information content (AvgIpc) is 2.39. The van der Waals surface area contributed by atoms with Crippen molar-refractivity contribution in [2.75, 3.05) is 27.3 Å². The lowest BCUT2D eigenvalue weighted by atomic mass is 10.2. The van der Waals surface area contributed by atoms with E-state index in [4.69, 9.17) is 4.74 Å². The molecular formula is C13H21FN2O3S. The van der Waals surface area contributed by atoms with Gasteiger partial charge in [-0.05, 0) is 30.7 Å². The van der Waals surface area contributed by atoms with Crippen molar-refractivity contribution in [2.45, 2.75) is 18.4 Å². The van der Waals surface area contributed by atoms with Gasteiger partial charge < -0.3 is 10.1 Å². The van der Waals surface area contributed by atoms with Crippen molar-refractivity contribution in [3.8, 4) is 0 Å². The van der Waals surface area contributed by atoms with E-state index < -0.39 is 15.8 Å². The molecule has 5 nitrogen and oxygen atoms in total. The summed E-state index contributed by atoms with van der Waals surface area (Å²) in [5.41, 5.74) is 0.708. The summed E-state index contributed by atoms with van der Waals surface area (Å²) in [5, 5.41) is 2.89. The molecule has 0 heterocycles. The number of halogens is 1. The lowest BCUT2D eigenvalue weighted by molar-refractivity contribution is 0.161. The number of nitrogens with one attached hydrogen (secondary N) is 2. The minimum atomic E-state index is -3.85. The van der Waals surface area contributed by atoms with Gasteiger partial charge in [-0.1, -0.05) is 13.0 Å². The molecule has 20 heavy (non-hydrogen) atoms. The molecule has 0 amide bonds. The molecule has 114 valence electrons. The lowest BCUT2D eigenvalue weighted by Gasteiger charge is -2.13. The molecular weight excluding hydrogens is 283 g/mol. The van der Waals surface area contributed by atoms with Crippen molar-refractivity contribution in [3.63, 3.8) is 0 Å². The zero-order valence-electron chi connectivity index (χ0n) is 11.9. The van der Waals surface area contributed by atoms with Crippen LogP contribution >= 0.6 is 0 Å². The molecule has 0 radical (unpaired) electrons. The fraction of sp³-hybridized carbons (Fsp3) is 0.538. The second-order valence-electron chi connectivity index (χ2n) is 4.71. The highest BCUT2D eigenvalue weighted by molar-refractivity contribution is 7.89. The van der Waals surface area contributed by atoms with Gasteiger partial charge in [0.25, 0.3) is 0 Å². The van der Waals surface area contributed by atoms with Gasteiger partial charge in [-0.15, -0.1) is 0 Å². The summed E-state index contributed by atoms with van der Waals surface area (Å²) in [6.45, 7) is 2.96. The predicted octanol–water partition coefficient (Wildman–Crippen LogP) is 1.11. The number of sulfonamides is 1.